The molecule has 0 bridgehead atoms. The second-order valence-electron chi connectivity index (χ2n) is 10.1. The second-order valence-corrected chi connectivity index (χ2v) is 10.1. The lowest BCUT2D eigenvalue weighted by Crippen LogP contribution is -2.59. The molecule has 5 atom stereocenters. The van der Waals surface area contributed by atoms with Crippen LogP contribution in [-0.2, 0) is 36.8 Å². The Balaban J connectivity index is 2.24. The molecule has 0 radical (unpaired) electrons. The van der Waals surface area contributed by atoms with Gasteiger partial charge in [0.05, 0.1) is 6.04 Å². The molecule has 0 aromatic heterocycles. The smallest absolute Gasteiger partial charge is 0.326 e. The van der Waals surface area contributed by atoms with Crippen LogP contribution in [0.15, 0.2) is 48.5 Å². The van der Waals surface area contributed by atoms with Gasteiger partial charge in [0.15, 0.2) is 0 Å². The van der Waals surface area contributed by atoms with Gasteiger partial charge in [0, 0.05) is 12.8 Å². The van der Waals surface area contributed by atoms with E-state index in [1.54, 1.807) is 19.1 Å². The molecule has 2 aromatic carbocycles. The van der Waals surface area contributed by atoms with Gasteiger partial charge in [-0.2, -0.15) is 0 Å². The van der Waals surface area contributed by atoms with E-state index in [9.17, 15) is 39.3 Å². The molecule has 0 fully saturated rings. The van der Waals surface area contributed by atoms with Crippen molar-refractivity contribution in [2.45, 2.75) is 70.1 Å². The summed E-state index contributed by atoms with van der Waals surface area (Å²) in [6.45, 7) is 3.55. The minimum atomic E-state index is -1.52. The summed E-state index contributed by atoms with van der Waals surface area (Å²) in [6.07, 6.45) is -0.347. The minimum absolute atomic E-state index is 0.0217. The van der Waals surface area contributed by atoms with Crippen molar-refractivity contribution in [3.8, 4) is 11.5 Å². The van der Waals surface area contributed by atoms with Gasteiger partial charge >= 0.3 is 11.9 Å². The third kappa shape index (κ3) is 10.7. The van der Waals surface area contributed by atoms with E-state index < -0.39 is 60.2 Å². The number of phenols is 2. The number of carboxylic acids is 2. The highest BCUT2D eigenvalue weighted by Crippen LogP contribution is 2.15. The van der Waals surface area contributed by atoms with Crippen LogP contribution in [0.1, 0.15) is 44.2 Å². The maximum absolute atomic E-state index is 13.5. The molecular formula is C29H38N4O9. The molecule has 2 rings (SSSR count). The van der Waals surface area contributed by atoms with E-state index in [1.807, 2.05) is 6.92 Å². The molecule has 2 aromatic rings. The normalized spacial score (nSPS) is 14.5. The lowest BCUT2D eigenvalue weighted by molar-refractivity contribution is -0.143. The molecule has 228 valence electrons. The van der Waals surface area contributed by atoms with Gasteiger partial charge in [-0.05, 0) is 54.2 Å². The number of carbonyl (C=O) groups excluding carboxylic acids is 3. The number of hydrogen-bond acceptors (Lipinski definition) is 8. The van der Waals surface area contributed by atoms with Crippen LogP contribution >= 0.6 is 0 Å². The monoisotopic (exact) mass is 586 g/mol. The average Bonchev–Trinajstić information content (AvgIpc) is 2.94. The van der Waals surface area contributed by atoms with Crippen molar-refractivity contribution in [2.75, 3.05) is 0 Å². The maximum atomic E-state index is 13.5. The first-order valence-electron chi connectivity index (χ1n) is 13.5. The van der Waals surface area contributed by atoms with E-state index in [1.165, 1.54) is 36.4 Å². The molecule has 3 amide bonds. The molecule has 0 aliphatic rings. The number of aliphatic carboxylic acids is 2. The van der Waals surface area contributed by atoms with Crippen molar-refractivity contribution in [1.29, 1.82) is 0 Å². The Bertz CT molecular complexity index is 1230. The summed E-state index contributed by atoms with van der Waals surface area (Å²) in [5.41, 5.74) is 7.31. The first kappa shape index (κ1) is 33.6. The van der Waals surface area contributed by atoms with Crippen LogP contribution < -0.4 is 21.7 Å². The molecule has 0 heterocycles. The molecule has 0 aliphatic carbocycles. The average molecular weight is 587 g/mol. The summed E-state index contributed by atoms with van der Waals surface area (Å²) in [5.74, 6) is -5.19. The quantitative estimate of drug-likeness (QED) is 0.137. The third-order valence-electron chi connectivity index (χ3n) is 6.79. The third-order valence-corrected chi connectivity index (χ3v) is 6.79. The van der Waals surface area contributed by atoms with Crippen molar-refractivity contribution >= 4 is 29.7 Å². The molecule has 0 aliphatic heterocycles. The summed E-state index contributed by atoms with van der Waals surface area (Å²) in [5, 5.41) is 45.0. The predicted molar refractivity (Wildman–Crippen MR) is 151 cm³/mol. The van der Waals surface area contributed by atoms with E-state index in [0.29, 0.717) is 17.5 Å². The number of carboxylic acid groups (broad SMARTS) is 2. The molecular weight excluding hydrogens is 548 g/mol. The van der Waals surface area contributed by atoms with Gasteiger partial charge in [-0.1, -0.05) is 44.5 Å². The van der Waals surface area contributed by atoms with E-state index >= 15 is 0 Å². The zero-order valence-corrected chi connectivity index (χ0v) is 23.4. The molecule has 9 N–H and O–H groups in total. The number of nitrogens with two attached hydrogens (primary N) is 1. The fourth-order valence-corrected chi connectivity index (χ4v) is 4.08. The summed E-state index contributed by atoms with van der Waals surface area (Å²) < 4.78 is 0. The highest BCUT2D eigenvalue weighted by molar-refractivity contribution is 5.94. The van der Waals surface area contributed by atoms with Crippen molar-refractivity contribution in [3.63, 3.8) is 0 Å². The van der Waals surface area contributed by atoms with Crippen LogP contribution in [0, 0.1) is 5.92 Å². The number of rotatable bonds is 16. The molecule has 0 saturated carbocycles. The van der Waals surface area contributed by atoms with Crippen LogP contribution in [0.25, 0.3) is 0 Å². The minimum Gasteiger partial charge on any atom is -0.508 e. The van der Waals surface area contributed by atoms with Gasteiger partial charge in [-0.25, -0.2) is 4.79 Å². The Morgan fingerprint density at radius 3 is 1.71 bits per heavy atom. The number of carbonyl (C=O) groups is 5. The highest BCUT2D eigenvalue weighted by Gasteiger charge is 2.32. The van der Waals surface area contributed by atoms with Gasteiger partial charge in [-0.3, -0.25) is 19.2 Å². The Morgan fingerprint density at radius 1 is 0.738 bits per heavy atom. The largest absolute Gasteiger partial charge is 0.508 e. The van der Waals surface area contributed by atoms with Gasteiger partial charge in [0.25, 0.3) is 0 Å². The van der Waals surface area contributed by atoms with Crippen LogP contribution in [-0.4, -0.2) is 74.3 Å². The van der Waals surface area contributed by atoms with E-state index in [-0.39, 0.29) is 36.7 Å². The Labute approximate surface area is 243 Å². The van der Waals surface area contributed by atoms with E-state index in [0.717, 1.165) is 0 Å². The van der Waals surface area contributed by atoms with Gasteiger partial charge in [-0.15, -0.1) is 0 Å². The molecule has 13 heteroatoms. The van der Waals surface area contributed by atoms with Crippen molar-refractivity contribution in [1.82, 2.24) is 16.0 Å². The first-order chi connectivity index (χ1) is 19.8. The number of phenolic OH excluding ortho intramolecular Hbond substituents is 2. The first-order valence-corrected chi connectivity index (χ1v) is 13.5. The van der Waals surface area contributed by atoms with Gasteiger partial charge < -0.3 is 42.1 Å². The lowest BCUT2D eigenvalue weighted by atomic mass is 9.96. The molecule has 5 unspecified atom stereocenters. The predicted octanol–water partition coefficient (Wildman–Crippen LogP) is 0.660. The highest BCUT2D eigenvalue weighted by atomic mass is 16.4. The summed E-state index contributed by atoms with van der Waals surface area (Å²) in [6, 6.07) is 7.06. The number of amides is 3. The Morgan fingerprint density at radius 2 is 1.24 bits per heavy atom. The Hall–Kier alpha value is -4.65. The molecule has 0 saturated heterocycles. The Kier molecular flexibility index (Phi) is 12.8. The fraction of sp³-hybridized carbons (Fsp3) is 0.414. The summed E-state index contributed by atoms with van der Waals surface area (Å²) in [4.78, 5) is 62.3. The van der Waals surface area contributed by atoms with E-state index in [2.05, 4.69) is 16.0 Å². The fourth-order valence-electron chi connectivity index (χ4n) is 4.08. The standard InChI is InChI=1S/C29H38N4O9/c1-3-16(2)25(33-26(38)21(30)14-17-4-8-19(34)9-5-17)28(40)32-23(15-18-6-10-20(35)11-7-18)27(39)31-22(29(41)42)12-13-24(36)37/h4-11,16,21-23,25,34-35H,3,12-15,30H2,1-2H3,(H,31,39)(H,32,40)(H,33,38)(H,36,37)(H,41,42). The van der Waals surface area contributed by atoms with Crippen LogP contribution in [0.5, 0.6) is 11.5 Å². The van der Waals surface area contributed by atoms with Gasteiger partial charge in [0.1, 0.15) is 29.6 Å². The second kappa shape index (κ2) is 16.0. The number of hydrogen-bond donors (Lipinski definition) is 8. The zero-order valence-electron chi connectivity index (χ0n) is 23.4. The van der Waals surface area contributed by atoms with Crippen LogP contribution in [0.3, 0.4) is 0 Å². The number of aromatic hydroxyl groups is 2. The van der Waals surface area contributed by atoms with Crippen LogP contribution in [0.4, 0.5) is 0 Å². The van der Waals surface area contributed by atoms with Gasteiger partial charge in [0.2, 0.25) is 17.7 Å². The molecule has 0 spiro atoms. The van der Waals surface area contributed by atoms with Crippen molar-refractivity contribution < 1.29 is 44.4 Å². The van der Waals surface area contributed by atoms with Crippen molar-refractivity contribution in [2.24, 2.45) is 11.7 Å². The maximum Gasteiger partial charge on any atom is 0.326 e. The topological polar surface area (TPSA) is 228 Å². The van der Waals surface area contributed by atoms with Crippen LogP contribution in [0.2, 0.25) is 0 Å². The van der Waals surface area contributed by atoms with Crippen molar-refractivity contribution in [3.05, 3.63) is 59.7 Å². The van der Waals surface area contributed by atoms with E-state index in [4.69, 9.17) is 10.8 Å². The zero-order chi connectivity index (χ0) is 31.4. The summed E-state index contributed by atoms with van der Waals surface area (Å²) in [7, 11) is 0. The lowest BCUT2D eigenvalue weighted by Gasteiger charge is -2.28. The SMILES string of the molecule is CCC(C)C(NC(=O)C(N)Cc1ccc(O)cc1)C(=O)NC(Cc1ccc(O)cc1)C(=O)NC(CCC(=O)O)C(=O)O. The molecule has 13 nitrogen and oxygen atoms in total. The number of benzene rings is 2. The molecule has 42 heavy (non-hydrogen) atoms. The number of nitrogens with one attached hydrogen (secondary N) is 3. The summed E-state index contributed by atoms with van der Waals surface area (Å²) >= 11 is 0.